The van der Waals surface area contributed by atoms with E-state index in [2.05, 4.69) is 10.3 Å². The van der Waals surface area contributed by atoms with Crippen LogP contribution in [-0.4, -0.2) is 6.21 Å². The summed E-state index contributed by atoms with van der Waals surface area (Å²) < 4.78 is 0. The summed E-state index contributed by atoms with van der Waals surface area (Å²) in [7, 11) is 0. The first kappa shape index (κ1) is 8.24. The second-order valence-corrected chi connectivity index (χ2v) is 3.42. The van der Waals surface area contributed by atoms with Gasteiger partial charge in [-0.1, -0.05) is 30.3 Å². The van der Waals surface area contributed by atoms with Crippen LogP contribution in [0.3, 0.4) is 0 Å². The normalized spacial score (nSPS) is 12.3. The summed E-state index contributed by atoms with van der Waals surface area (Å²) in [4.78, 5) is 4.41. The van der Waals surface area contributed by atoms with Crippen molar-refractivity contribution in [1.82, 2.24) is 5.32 Å². The molecule has 1 aliphatic heterocycles. The molecule has 0 aliphatic carbocycles. The topological polar surface area (TPSA) is 26.5 Å². The smallest absolute Gasteiger partial charge is 0.0893 e. The van der Waals surface area contributed by atoms with Gasteiger partial charge in [0.1, 0.15) is 0 Å². The Balaban J connectivity index is 2.19. The molecule has 0 N–H and O–H groups in total. The fourth-order valence-electron chi connectivity index (χ4n) is 1.64. The van der Waals surface area contributed by atoms with Crippen LogP contribution in [-0.2, 0) is 0 Å². The molecule has 3 rings (SSSR count). The molecule has 0 spiro atoms. The molecule has 2 heteroatoms. The van der Waals surface area contributed by atoms with Crippen LogP contribution in [0.4, 0.5) is 17.1 Å². The number of hydrogen-bond acceptors (Lipinski definition) is 1. The van der Waals surface area contributed by atoms with Gasteiger partial charge in [-0.25, -0.2) is 5.32 Å². The highest BCUT2D eigenvalue weighted by molar-refractivity contribution is 5.91. The Morgan fingerprint density at radius 1 is 0.667 bits per heavy atom. The molecule has 15 heavy (non-hydrogen) atoms. The van der Waals surface area contributed by atoms with Crippen molar-refractivity contribution in [1.29, 1.82) is 0 Å². The molecule has 2 nitrogen and oxygen atoms in total. The molecular weight excluding hydrogens is 184 g/mol. The summed E-state index contributed by atoms with van der Waals surface area (Å²) >= 11 is 0. The van der Waals surface area contributed by atoms with E-state index >= 15 is 0 Å². The molecule has 0 amide bonds. The lowest BCUT2D eigenvalue weighted by Crippen LogP contribution is -1.90. The Morgan fingerprint density at radius 3 is 2.20 bits per heavy atom. The van der Waals surface area contributed by atoms with E-state index in [1.165, 1.54) is 0 Å². The lowest BCUT2D eigenvalue weighted by atomic mass is 10.2. The lowest BCUT2D eigenvalue weighted by molar-refractivity contribution is 1.19. The van der Waals surface area contributed by atoms with Crippen LogP contribution in [0.25, 0.3) is 0 Å². The average molecular weight is 193 g/mol. The summed E-state index contributed by atoms with van der Waals surface area (Å²) in [5.41, 5.74) is 3.90. The summed E-state index contributed by atoms with van der Waals surface area (Å²) in [5, 5.41) is 4.58. The number of para-hydroxylation sites is 3. The predicted molar refractivity (Wildman–Crippen MR) is 61.6 cm³/mol. The van der Waals surface area contributed by atoms with Gasteiger partial charge in [0.25, 0.3) is 0 Å². The van der Waals surface area contributed by atoms with Crippen molar-refractivity contribution in [3.63, 3.8) is 0 Å². The SMILES string of the molecule is C1=Nc2ccccc2[N]c2ccccc21. The summed E-state index contributed by atoms with van der Waals surface area (Å²) in [6.07, 6.45) is 1.87. The summed E-state index contributed by atoms with van der Waals surface area (Å²) in [6, 6.07) is 15.9. The number of nitrogens with zero attached hydrogens (tertiary/aromatic N) is 2. The second kappa shape index (κ2) is 3.24. The molecular formula is C13H9N2. The maximum absolute atomic E-state index is 4.58. The van der Waals surface area contributed by atoms with Crippen molar-refractivity contribution in [2.24, 2.45) is 4.99 Å². The van der Waals surface area contributed by atoms with Gasteiger partial charge in [-0.15, -0.1) is 0 Å². The maximum Gasteiger partial charge on any atom is 0.0893 e. The Morgan fingerprint density at radius 2 is 1.33 bits per heavy atom. The zero-order valence-electron chi connectivity index (χ0n) is 8.09. The molecule has 1 heterocycles. The highest BCUT2D eigenvalue weighted by atomic mass is 14.9. The highest BCUT2D eigenvalue weighted by Gasteiger charge is 2.08. The van der Waals surface area contributed by atoms with E-state index in [1.807, 2.05) is 54.7 Å². The van der Waals surface area contributed by atoms with E-state index in [4.69, 9.17) is 0 Å². The zero-order valence-corrected chi connectivity index (χ0v) is 8.09. The van der Waals surface area contributed by atoms with Gasteiger partial charge in [-0.05, 0) is 18.2 Å². The number of hydrogen-bond donors (Lipinski definition) is 0. The third-order valence-electron chi connectivity index (χ3n) is 2.40. The first-order valence-electron chi connectivity index (χ1n) is 4.87. The van der Waals surface area contributed by atoms with Crippen molar-refractivity contribution < 1.29 is 0 Å². The van der Waals surface area contributed by atoms with Gasteiger partial charge in [0.15, 0.2) is 0 Å². The molecule has 0 fully saturated rings. The molecule has 2 aromatic carbocycles. The van der Waals surface area contributed by atoms with Gasteiger partial charge in [0.05, 0.1) is 17.1 Å². The molecule has 0 saturated carbocycles. The minimum atomic E-state index is 0.925. The molecule has 71 valence electrons. The van der Waals surface area contributed by atoms with E-state index in [9.17, 15) is 0 Å². The first-order valence-corrected chi connectivity index (χ1v) is 4.87. The van der Waals surface area contributed by atoms with Crippen LogP contribution >= 0.6 is 0 Å². The Hall–Kier alpha value is -2.09. The van der Waals surface area contributed by atoms with Gasteiger partial charge in [-0.3, -0.25) is 4.99 Å². The Kier molecular flexibility index (Phi) is 1.78. The minimum Gasteiger partial charge on any atom is -0.254 e. The minimum absolute atomic E-state index is 0.925. The molecule has 0 bridgehead atoms. The van der Waals surface area contributed by atoms with Crippen molar-refractivity contribution in [2.45, 2.75) is 0 Å². The van der Waals surface area contributed by atoms with Crippen LogP contribution in [0.2, 0.25) is 0 Å². The van der Waals surface area contributed by atoms with Crippen LogP contribution < -0.4 is 5.32 Å². The number of aliphatic imine (C=N–C) groups is 1. The fourth-order valence-corrected chi connectivity index (χ4v) is 1.64. The molecule has 1 aliphatic rings. The summed E-state index contributed by atoms with van der Waals surface area (Å²) in [5.74, 6) is 0. The number of fused-ring (bicyclic) bond motifs is 2. The first-order chi connectivity index (χ1) is 7.43. The van der Waals surface area contributed by atoms with Gasteiger partial charge in [0.2, 0.25) is 0 Å². The van der Waals surface area contributed by atoms with E-state index in [1.54, 1.807) is 0 Å². The summed E-state index contributed by atoms with van der Waals surface area (Å²) in [6.45, 7) is 0. The van der Waals surface area contributed by atoms with Gasteiger partial charge in [-0.2, -0.15) is 0 Å². The van der Waals surface area contributed by atoms with Crippen molar-refractivity contribution >= 4 is 23.3 Å². The van der Waals surface area contributed by atoms with E-state index in [-0.39, 0.29) is 0 Å². The Labute approximate surface area is 88.3 Å². The average Bonchev–Trinajstić information content (AvgIpc) is 2.48. The second-order valence-electron chi connectivity index (χ2n) is 3.42. The zero-order chi connectivity index (χ0) is 10.1. The van der Waals surface area contributed by atoms with Gasteiger partial charge >= 0.3 is 0 Å². The van der Waals surface area contributed by atoms with Crippen LogP contribution in [0.5, 0.6) is 0 Å². The van der Waals surface area contributed by atoms with E-state index in [0.29, 0.717) is 0 Å². The van der Waals surface area contributed by atoms with Crippen LogP contribution in [0, 0.1) is 0 Å². The predicted octanol–water partition coefficient (Wildman–Crippen LogP) is 3.32. The van der Waals surface area contributed by atoms with Crippen LogP contribution in [0.15, 0.2) is 53.5 Å². The maximum atomic E-state index is 4.58. The van der Waals surface area contributed by atoms with Crippen molar-refractivity contribution in [2.75, 3.05) is 0 Å². The molecule has 2 aromatic rings. The van der Waals surface area contributed by atoms with Crippen molar-refractivity contribution in [3.8, 4) is 0 Å². The third kappa shape index (κ3) is 1.40. The molecule has 0 atom stereocenters. The highest BCUT2D eigenvalue weighted by Crippen LogP contribution is 2.31. The molecule has 0 saturated heterocycles. The monoisotopic (exact) mass is 193 g/mol. The fraction of sp³-hybridized carbons (Fsp3) is 0. The van der Waals surface area contributed by atoms with Crippen molar-refractivity contribution in [3.05, 3.63) is 54.1 Å². The standard InChI is InChI=1S/C13H9N2/c1-2-6-11-10(5-1)9-14-12-7-3-4-8-13(12)15-11/h1-9H. The quantitative estimate of drug-likeness (QED) is 0.523. The third-order valence-corrected chi connectivity index (χ3v) is 2.40. The number of benzene rings is 2. The van der Waals surface area contributed by atoms with E-state index < -0.39 is 0 Å². The largest absolute Gasteiger partial charge is 0.254 e. The number of rotatable bonds is 0. The Bertz CT molecular complexity index is 482. The van der Waals surface area contributed by atoms with E-state index in [0.717, 1.165) is 22.6 Å². The molecule has 1 radical (unpaired) electrons. The van der Waals surface area contributed by atoms with Gasteiger partial charge < -0.3 is 0 Å². The van der Waals surface area contributed by atoms with Gasteiger partial charge in [0, 0.05) is 11.8 Å². The molecule has 0 aromatic heterocycles. The lowest BCUT2D eigenvalue weighted by Gasteiger charge is -2.04. The molecule has 0 unspecified atom stereocenters. The van der Waals surface area contributed by atoms with Crippen LogP contribution in [0.1, 0.15) is 5.56 Å².